The van der Waals surface area contributed by atoms with Gasteiger partial charge < -0.3 is 15.0 Å². The predicted octanol–water partition coefficient (Wildman–Crippen LogP) is 3.04. The number of methoxy groups -OCH3 is 1. The highest BCUT2D eigenvalue weighted by Crippen LogP contribution is 2.35. The van der Waals surface area contributed by atoms with Gasteiger partial charge in [-0.2, -0.15) is 0 Å². The number of aromatic nitrogens is 1. The Kier molecular flexibility index (Phi) is 4.11. The second kappa shape index (κ2) is 5.82. The van der Waals surface area contributed by atoms with Crippen molar-refractivity contribution in [3.05, 3.63) is 33.9 Å². The second-order valence-electron chi connectivity index (χ2n) is 5.12. The molecule has 1 aromatic heterocycles. The van der Waals surface area contributed by atoms with E-state index in [-0.39, 0.29) is 17.3 Å². The number of rotatable bonds is 5. The van der Waals surface area contributed by atoms with Crippen molar-refractivity contribution in [3.8, 4) is 17.0 Å². The van der Waals surface area contributed by atoms with Crippen LogP contribution in [0.1, 0.15) is 19.4 Å². The molecule has 2 N–H and O–H groups in total. The number of nitrogens with two attached hydrogens (primary N) is 1. The predicted molar refractivity (Wildman–Crippen MR) is 78.1 cm³/mol. The molecule has 0 atom stereocenters. The van der Waals surface area contributed by atoms with Crippen molar-refractivity contribution in [2.24, 2.45) is 5.92 Å². The van der Waals surface area contributed by atoms with Crippen LogP contribution in [0, 0.1) is 16.0 Å². The third-order valence-electron chi connectivity index (χ3n) is 3.08. The molecule has 112 valence electrons. The van der Waals surface area contributed by atoms with Gasteiger partial charge in [-0.1, -0.05) is 19.0 Å². The number of anilines is 1. The van der Waals surface area contributed by atoms with Gasteiger partial charge in [-0.05, 0) is 24.5 Å². The number of hydrogen-bond acceptors (Lipinski definition) is 6. The second-order valence-corrected chi connectivity index (χ2v) is 5.12. The summed E-state index contributed by atoms with van der Waals surface area (Å²) in [5.41, 5.74) is 7.79. The maximum atomic E-state index is 10.9. The quantitative estimate of drug-likeness (QED) is 0.670. The summed E-state index contributed by atoms with van der Waals surface area (Å²) in [6.45, 7) is 4.12. The third kappa shape index (κ3) is 2.96. The molecule has 0 saturated carbocycles. The summed E-state index contributed by atoms with van der Waals surface area (Å²) >= 11 is 0. The van der Waals surface area contributed by atoms with E-state index in [1.54, 1.807) is 12.1 Å². The van der Waals surface area contributed by atoms with Crippen molar-refractivity contribution >= 4 is 11.6 Å². The molecule has 0 spiro atoms. The fourth-order valence-corrected chi connectivity index (χ4v) is 2.13. The van der Waals surface area contributed by atoms with Crippen LogP contribution in [0.4, 0.5) is 11.6 Å². The highest BCUT2D eigenvalue weighted by molar-refractivity contribution is 5.70. The summed E-state index contributed by atoms with van der Waals surface area (Å²) in [4.78, 5) is 10.4. The van der Waals surface area contributed by atoms with Crippen molar-refractivity contribution in [3.63, 3.8) is 0 Å². The standard InChI is InChI=1S/C14H17N3O4/c1-8(2)6-10-13(16-21-14(10)15)9-4-5-11(17(18)19)12(7-9)20-3/h4-5,7-8H,6,15H2,1-3H3. The zero-order valence-electron chi connectivity index (χ0n) is 12.1. The average molecular weight is 291 g/mol. The normalized spacial score (nSPS) is 10.9. The molecule has 21 heavy (non-hydrogen) atoms. The number of benzene rings is 1. The molecular weight excluding hydrogens is 274 g/mol. The fraction of sp³-hybridized carbons (Fsp3) is 0.357. The van der Waals surface area contributed by atoms with Crippen LogP contribution in [0.25, 0.3) is 11.3 Å². The summed E-state index contributed by atoms with van der Waals surface area (Å²) in [7, 11) is 1.39. The number of ether oxygens (including phenoxy) is 1. The molecule has 7 nitrogen and oxygen atoms in total. The van der Waals surface area contributed by atoms with Gasteiger partial charge in [0.05, 0.1) is 12.0 Å². The van der Waals surface area contributed by atoms with Crippen molar-refractivity contribution < 1.29 is 14.2 Å². The molecule has 2 rings (SSSR count). The molecule has 0 amide bonds. The van der Waals surface area contributed by atoms with E-state index in [9.17, 15) is 10.1 Å². The molecular formula is C14H17N3O4. The van der Waals surface area contributed by atoms with Crippen LogP contribution in [0.15, 0.2) is 22.7 Å². The van der Waals surface area contributed by atoms with Crippen LogP contribution in [-0.2, 0) is 6.42 Å². The zero-order chi connectivity index (χ0) is 15.6. The third-order valence-corrected chi connectivity index (χ3v) is 3.08. The lowest BCUT2D eigenvalue weighted by Crippen LogP contribution is -1.99. The molecule has 2 aromatic rings. The lowest BCUT2D eigenvalue weighted by atomic mass is 9.99. The van der Waals surface area contributed by atoms with Crippen molar-refractivity contribution in [2.45, 2.75) is 20.3 Å². The highest BCUT2D eigenvalue weighted by atomic mass is 16.6. The number of hydrogen-bond donors (Lipinski definition) is 1. The minimum Gasteiger partial charge on any atom is -0.490 e. The van der Waals surface area contributed by atoms with Crippen LogP contribution in [0.5, 0.6) is 5.75 Å². The van der Waals surface area contributed by atoms with Crippen LogP contribution < -0.4 is 10.5 Å². The summed E-state index contributed by atoms with van der Waals surface area (Å²) in [5, 5.41) is 14.9. The summed E-state index contributed by atoms with van der Waals surface area (Å²) in [5.74, 6) is 0.830. The minimum atomic E-state index is -0.491. The Morgan fingerprint density at radius 3 is 2.76 bits per heavy atom. The summed E-state index contributed by atoms with van der Waals surface area (Å²) < 4.78 is 10.1. The monoisotopic (exact) mass is 291 g/mol. The van der Waals surface area contributed by atoms with Gasteiger partial charge in [0.15, 0.2) is 5.75 Å². The molecule has 0 aliphatic carbocycles. The van der Waals surface area contributed by atoms with Crippen LogP contribution in [0.3, 0.4) is 0 Å². The molecule has 1 aromatic carbocycles. The van der Waals surface area contributed by atoms with Gasteiger partial charge in [0.25, 0.3) is 0 Å². The van der Waals surface area contributed by atoms with Gasteiger partial charge in [0.2, 0.25) is 5.88 Å². The number of nitro benzene ring substituents is 1. The Morgan fingerprint density at radius 2 is 2.19 bits per heavy atom. The number of nitro groups is 1. The Morgan fingerprint density at radius 1 is 1.48 bits per heavy atom. The van der Waals surface area contributed by atoms with Gasteiger partial charge >= 0.3 is 5.69 Å². The van der Waals surface area contributed by atoms with E-state index >= 15 is 0 Å². The Bertz CT molecular complexity index is 664. The zero-order valence-corrected chi connectivity index (χ0v) is 12.1. The Hall–Kier alpha value is -2.57. The van der Waals surface area contributed by atoms with E-state index in [2.05, 4.69) is 19.0 Å². The van der Waals surface area contributed by atoms with E-state index in [1.165, 1.54) is 13.2 Å². The first-order valence-electron chi connectivity index (χ1n) is 6.50. The van der Waals surface area contributed by atoms with Gasteiger partial charge in [-0.25, -0.2) is 0 Å². The van der Waals surface area contributed by atoms with Gasteiger partial charge in [-0.3, -0.25) is 10.1 Å². The summed E-state index contributed by atoms with van der Waals surface area (Å²) in [6.07, 6.45) is 0.712. The molecule has 0 radical (unpaired) electrons. The van der Waals surface area contributed by atoms with Crippen LogP contribution in [-0.4, -0.2) is 17.2 Å². The largest absolute Gasteiger partial charge is 0.490 e. The maximum absolute atomic E-state index is 10.9. The molecule has 1 heterocycles. The highest BCUT2D eigenvalue weighted by Gasteiger charge is 2.20. The molecule has 0 saturated heterocycles. The molecule has 0 aliphatic rings. The van der Waals surface area contributed by atoms with Gasteiger partial charge in [0, 0.05) is 17.2 Å². The van der Waals surface area contributed by atoms with Crippen molar-refractivity contribution in [1.29, 1.82) is 0 Å². The lowest BCUT2D eigenvalue weighted by Gasteiger charge is -2.07. The topological polar surface area (TPSA) is 104 Å². The lowest BCUT2D eigenvalue weighted by molar-refractivity contribution is -0.385. The first-order valence-corrected chi connectivity index (χ1v) is 6.50. The first-order chi connectivity index (χ1) is 9.93. The molecule has 0 unspecified atom stereocenters. The number of nitrogen functional groups attached to an aromatic ring is 1. The first kappa shape index (κ1) is 14.8. The van der Waals surface area contributed by atoms with E-state index < -0.39 is 4.92 Å². The Balaban J connectivity index is 2.50. The number of nitrogens with zero attached hydrogens (tertiary/aromatic N) is 2. The SMILES string of the molecule is COc1cc(-c2noc(N)c2CC(C)C)ccc1[N+](=O)[O-]. The minimum absolute atomic E-state index is 0.0943. The summed E-state index contributed by atoms with van der Waals surface area (Å²) in [6, 6.07) is 4.57. The van der Waals surface area contributed by atoms with Crippen LogP contribution >= 0.6 is 0 Å². The van der Waals surface area contributed by atoms with Crippen LogP contribution in [0.2, 0.25) is 0 Å². The molecule has 0 aliphatic heterocycles. The van der Waals surface area contributed by atoms with E-state index in [4.69, 9.17) is 15.0 Å². The smallest absolute Gasteiger partial charge is 0.310 e. The van der Waals surface area contributed by atoms with E-state index in [0.29, 0.717) is 23.6 Å². The fourth-order valence-electron chi connectivity index (χ4n) is 2.13. The molecule has 0 bridgehead atoms. The van der Waals surface area contributed by atoms with Gasteiger partial charge in [-0.15, -0.1) is 0 Å². The van der Waals surface area contributed by atoms with Crippen molar-refractivity contribution in [2.75, 3.05) is 12.8 Å². The maximum Gasteiger partial charge on any atom is 0.310 e. The van der Waals surface area contributed by atoms with Crippen molar-refractivity contribution in [1.82, 2.24) is 5.16 Å². The molecule has 7 heteroatoms. The van der Waals surface area contributed by atoms with Gasteiger partial charge in [0.1, 0.15) is 5.69 Å². The molecule has 0 fully saturated rings. The van der Waals surface area contributed by atoms with E-state index in [0.717, 1.165) is 5.56 Å². The van der Waals surface area contributed by atoms with E-state index in [1.807, 2.05) is 0 Å². The Labute approximate surface area is 121 Å². The average Bonchev–Trinajstić information content (AvgIpc) is 2.78.